The van der Waals surface area contributed by atoms with Gasteiger partial charge in [-0.25, -0.2) is 0 Å². The quantitative estimate of drug-likeness (QED) is 0.769. The SMILES string of the molecule is CN1CCCC1CCC(O)C(F)(F)F. The van der Waals surface area contributed by atoms with Gasteiger partial charge in [-0.2, -0.15) is 13.2 Å². The molecule has 0 saturated carbocycles. The fraction of sp³-hybridized carbons (Fsp3) is 1.00. The van der Waals surface area contributed by atoms with Gasteiger partial charge in [0.05, 0.1) is 0 Å². The van der Waals surface area contributed by atoms with Gasteiger partial charge in [-0.3, -0.25) is 0 Å². The van der Waals surface area contributed by atoms with Crippen LogP contribution in [0, 0.1) is 0 Å². The molecule has 2 unspecified atom stereocenters. The summed E-state index contributed by atoms with van der Waals surface area (Å²) in [5.74, 6) is 0. The first kappa shape index (κ1) is 11.8. The van der Waals surface area contributed by atoms with Crippen molar-refractivity contribution in [2.75, 3.05) is 13.6 Å². The molecule has 0 bridgehead atoms. The van der Waals surface area contributed by atoms with E-state index in [0.717, 1.165) is 19.4 Å². The molecule has 5 heteroatoms. The van der Waals surface area contributed by atoms with E-state index in [1.165, 1.54) is 0 Å². The molecule has 2 nitrogen and oxygen atoms in total. The molecule has 0 aromatic heterocycles. The summed E-state index contributed by atoms with van der Waals surface area (Å²) in [6.45, 7) is 0.951. The van der Waals surface area contributed by atoms with Crippen LogP contribution >= 0.6 is 0 Å². The fourth-order valence-corrected chi connectivity index (χ4v) is 1.86. The summed E-state index contributed by atoms with van der Waals surface area (Å²) < 4.78 is 35.9. The largest absolute Gasteiger partial charge is 0.414 e. The van der Waals surface area contributed by atoms with Gasteiger partial charge in [0.15, 0.2) is 0 Å². The van der Waals surface area contributed by atoms with Crippen molar-refractivity contribution in [1.29, 1.82) is 0 Å². The Morgan fingerprint density at radius 3 is 2.57 bits per heavy atom. The Hall–Kier alpha value is -0.290. The van der Waals surface area contributed by atoms with Gasteiger partial charge in [0.1, 0.15) is 6.10 Å². The highest BCUT2D eigenvalue weighted by atomic mass is 19.4. The minimum absolute atomic E-state index is 0.182. The lowest BCUT2D eigenvalue weighted by molar-refractivity contribution is -0.206. The second-order valence-electron chi connectivity index (χ2n) is 3.91. The van der Waals surface area contributed by atoms with Crippen LogP contribution < -0.4 is 0 Å². The van der Waals surface area contributed by atoms with Gasteiger partial charge in [0.25, 0.3) is 0 Å². The molecule has 0 aromatic rings. The number of alkyl halides is 3. The molecule has 14 heavy (non-hydrogen) atoms. The van der Waals surface area contributed by atoms with E-state index in [2.05, 4.69) is 4.90 Å². The molecule has 1 saturated heterocycles. The number of nitrogens with zero attached hydrogens (tertiary/aromatic N) is 1. The van der Waals surface area contributed by atoms with Crippen molar-refractivity contribution in [3.8, 4) is 0 Å². The summed E-state index contributed by atoms with van der Waals surface area (Å²) in [7, 11) is 1.91. The van der Waals surface area contributed by atoms with Gasteiger partial charge in [-0.1, -0.05) is 0 Å². The lowest BCUT2D eigenvalue weighted by Gasteiger charge is -2.21. The Morgan fingerprint density at radius 1 is 1.50 bits per heavy atom. The van der Waals surface area contributed by atoms with Crippen molar-refractivity contribution in [3.63, 3.8) is 0 Å². The number of hydrogen-bond donors (Lipinski definition) is 1. The third kappa shape index (κ3) is 3.13. The van der Waals surface area contributed by atoms with Crippen LogP contribution in [0.3, 0.4) is 0 Å². The van der Waals surface area contributed by atoms with Crippen molar-refractivity contribution in [1.82, 2.24) is 4.90 Å². The molecule has 1 aliphatic rings. The lowest BCUT2D eigenvalue weighted by Crippen LogP contribution is -2.32. The molecular formula is C9H16F3NO. The molecule has 1 heterocycles. The molecule has 0 aromatic carbocycles. The van der Waals surface area contributed by atoms with Crippen LogP contribution in [0.1, 0.15) is 25.7 Å². The molecule has 0 amide bonds. The maximum atomic E-state index is 12.0. The van der Waals surface area contributed by atoms with E-state index in [9.17, 15) is 13.2 Å². The van der Waals surface area contributed by atoms with Crippen molar-refractivity contribution >= 4 is 0 Å². The Kier molecular flexibility index (Phi) is 3.78. The maximum Gasteiger partial charge on any atom is 0.414 e. The average molecular weight is 211 g/mol. The first-order valence-corrected chi connectivity index (χ1v) is 4.86. The zero-order valence-corrected chi connectivity index (χ0v) is 8.22. The maximum absolute atomic E-state index is 12.0. The number of halogens is 3. The fourth-order valence-electron chi connectivity index (χ4n) is 1.86. The number of aliphatic hydroxyl groups is 1. The highest BCUT2D eigenvalue weighted by molar-refractivity contribution is 4.78. The number of likely N-dealkylation sites (tertiary alicyclic amines) is 1. The summed E-state index contributed by atoms with van der Waals surface area (Å²) in [5, 5.41) is 8.79. The van der Waals surface area contributed by atoms with Crippen molar-refractivity contribution in [3.05, 3.63) is 0 Å². The third-order valence-corrected chi connectivity index (χ3v) is 2.82. The van der Waals surface area contributed by atoms with Crippen molar-refractivity contribution in [2.24, 2.45) is 0 Å². The van der Waals surface area contributed by atoms with Crippen LogP contribution in [-0.4, -0.2) is 41.9 Å². The van der Waals surface area contributed by atoms with E-state index in [0.29, 0.717) is 6.42 Å². The Morgan fingerprint density at radius 2 is 2.14 bits per heavy atom. The van der Waals surface area contributed by atoms with Crippen LogP contribution in [0.15, 0.2) is 0 Å². The minimum atomic E-state index is -4.46. The highest BCUT2D eigenvalue weighted by Crippen LogP contribution is 2.26. The normalized spacial score (nSPS) is 26.8. The Bertz CT molecular complexity index is 181. The zero-order chi connectivity index (χ0) is 10.8. The van der Waals surface area contributed by atoms with Gasteiger partial charge < -0.3 is 10.0 Å². The standard InChI is InChI=1S/C9H16F3NO/c1-13-6-2-3-7(13)4-5-8(14)9(10,11)12/h7-8,14H,2-6H2,1H3. The van der Waals surface area contributed by atoms with Gasteiger partial charge >= 0.3 is 6.18 Å². The van der Waals surface area contributed by atoms with Crippen LogP contribution in [0.5, 0.6) is 0 Å². The Balaban J connectivity index is 2.26. The predicted molar refractivity (Wildman–Crippen MR) is 46.9 cm³/mol. The van der Waals surface area contributed by atoms with Crippen LogP contribution in [0.2, 0.25) is 0 Å². The molecule has 2 atom stereocenters. The highest BCUT2D eigenvalue weighted by Gasteiger charge is 2.38. The molecule has 1 aliphatic heterocycles. The molecule has 1 rings (SSSR count). The van der Waals surface area contributed by atoms with Gasteiger partial charge in [-0.05, 0) is 39.3 Å². The zero-order valence-electron chi connectivity index (χ0n) is 8.22. The van der Waals surface area contributed by atoms with Crippen LogP contribution in [-0.2, 0) is 0 Å². The smallest absolute Gasteiger partial charge is 0.384 e. The van der Waals surface area contributed by atoms with E-state index in [4.69, 9.17) is 5.11 Å². The Labute approximate surface area is 81.7 Å². The van der Waals surface area contributed by atoms with E-state index in [-0.39, 0.29) is 12.5 Å². The molecule has 0 aliphatic carbocycles. The van der Waals surface area contributed by atoms with Crippen LogP contribution in [0.25, 0.3) is 0 Å². The van der Waals surface area contributed by atoms with Crippen molar-refractivity contribution in [2.45, 2.75) is 44.0 Å². The molecule has 84 valence electrons. The summed E-state index contributed by atoms with van der Waals surface area (Å²) in [6, 6.07) is 0.215. The summed E-state index contributed by atoms with van der Waals surface area (Å²) in [4.78, 5) is 2.06. The molecule has 1 N–H and O–H groups in total. The molecule has 0 radical (unpaired) electrons. The second-order valence-corrected chi connectivity index (χ2v) is 3.91. The summed E-state index contributed by atoms with van der Waals surface area (Å²) >= 11 is 0. The first-order valence-electron chi connectivity index (χ1n) is 4.86. The molecular weight excluding hydrogens is 195 g/mol. The first-order chi connectivity index (χ1) is 6.41. The number of aliphatic hydroxyl groups excluding tert-OH is 1. The summed E-state index contributed by atoms with van der Waals surface area (Å²) in [5.41, 5.74) is 0. The lowest BCUT2D eigenvalue weighted by atomic mass is 10.1. The van der Waals surface area contributed by atoms with E-state index in [1.807, 2.05) is 7.05 Å². The molecule has 0 spiro atoms. The predicted octanol–water partition coefficient (Wildman–Crippen LogP) is 1.78. The minimum Gasteiger partial charge on any atom is -0.384 e. The van der Waals surface area contributed by atoms with E-state index >= 15 is 0 Å². The van der Waals surface area contributed by atoms with Gasteiger partial charge in [0, 0.05) is 6.04 Å². The van der Waals surface area contributed by atoms with E-state index < -0.39 is 12.3 Å². The topological polar surface area (TPSA) is 23.5 Å². The third-order valence-electron chi connectivity index (χ3n) is 2.82. The van der Waals surface area contributed by atoms with Gasteiger partial charge in [-0.15, -0.1) is 0 Å². The number of rotatable bonds is 3. The van der Waals surface area contributed by atoms with Crippen molar-refractivity contribution < 1.29 is 18.3 Å². The second kappa shape index (κ2) is 4.49. The molecule has 1 fully saturated rings. The average Bonchev–Trinajstić information content (AvgIpc) is 2.45. The van der Waals surface area contributed by atoms with E-state index in [1.54, 1.807) is 0 Å². The van der Waals surface area contributed by atoms with Crippen LogP contribution in [0.4, 0.5) is 13.2 Å². The monoisotopic (exact) mass is 211 g/mol. The summed E-state index contributed by atoms with van der Waals surface area (Å²) in [6.07, 6.45) is -4.38. The van der Waals surface area contributed by atoms with Gasteiger partial charge in [0.2, 0.25) is 0 Å². The number of hydrogen-bond acceptors (Lipinski definition) is 2.